The molecule has 2 aromatic carbocycles. The summed E-state index contributed by atoms with van der Waals surface area (Å²) in [5.74, 6) is -0.221. The third kappa shape index (κ3) is 4.24. The third-order valence-electron chi connectivity index (χ3n) is 3.15. The van der Waals surface area contributed by atoms with Crippen LogP contribution in [0, 0.1) is 13.8 Å². The Balaban J connectivity index is 2.31. The van der Waals surface area contributed by atoms with E-state index in [9.17, 15) is 13.2 Å². The van der Waals surface area contributed by atoms with Crippen LogP contribution >= 0.6 is 11.6 Å². The predicted molar refractivity (Wildman–Crippen MR) is 92.5 cm³/mol. The van der Waals surface area contributed by atoms with Gasteiger partial charge in [0.05, 0.1) is 15.6 Å². The largest absolute Gasteiger partial charge is 0.326 e. The molecule has 122 valence electrons. The number of rotatable bonds is 4. The minimum absolute atomic E-state index is 0.0858. The van der Waals surface area contributed by atoms with Crippen LogP contribution in [-0.4, -0.2) is 14.3 Å². The van der Waals surface area contributed by atoms with Crippen molar-refractivity contribution in [3.05, 3.63) is 52.5 Å². The lowest BCUT2D eigenvalue weighted by Crippen LogP contribution is -2.14. The molecule has 5 nitrogen and oxygen atoms in total. The Kier molecular flexibility index (Phi) is 4.97. The molecule has 0 bridgehead atoms. The maximum atomic E-state index is 12.5. The van der Waals surface area contributed by atoms with Crippen LogP contribution in [0.15, 0.2) is 41.3 Å². The van der Waals surface area contributed by atoms with Crippen molar-refractivity contribution in [3.63, 3.8) is 0 Å². The Morgan fingerprint density at radius 2 is 1.70 bits per heavy atom. The van der Waals surface area contributed by atoms with Crippen molar-refractivity contribution >= 4 is 38.9 Å². The van der Waals surface area contributed by atoms with E-state index in [1.54, 1.807) is 13.0 Å². The van der Waals surface area contributed by atoms with Gasteiger partial charge in [0.15, 0.2) is 0 Å². The maximum Gasteiger partial charge on any atom is 0.261 e. The molecule has 0 atom stereocenters. The molecular formula is C16H17ClN2O3S. The molecule has 0 spiro atoms. The van der Waals surface area contributed by atoms with Gasteiger partial charge in [-0.05, 0) is 55.3 Å². The number of halogens is 1. The topological polar surface area (TPSA) is 75.3 Å². The first-order valence-corrected chi connectivity index (χ1v) is 8.72. The summed E-state index contributed by atoms with van der Waals surface area (Å²) in [7, 11) is -3.76. The molecule has 2 N–H and O–H groups in total. The lowest BCUT2D eigenvalue weighted by Gasteiger charge is -2.13. The van der Waals surface area contributed by atoms with Crippen LogP contribution in [-0.2, 0) is 14.8 Å². The first-order chi connectivity index (χ1) is 10.7. The molecular weight excluding hydrogens is 336 g/mol. The van der Waals surface area contributed by atoms with Crippen molar-refractivity contribution in [3.8, 4) is 0 Å². The first-order valence-electron chi connectivity index (χ1n) is 6.86. The molecule has 7 heteroatoms. The molecule has 0 saturated heterocycles. The molecule has 2 aromatic rings. The molecule has 0 heterocycles. The number of benzene rings is 2. The van der Waals surface area contributed by atoms with Crippen LogP contribution < -0.4 is 10.0 Å². The van der Waals surface area contributed by atoms with E-state index in [0.29, 0.717) is 16.4 Å². The summed E-state index contributed by atoms with van der Waals surface area (Å²) >= 11 is 6.14. The normalized spacial score (nSPS) is 11.1. The van der Waals surface area contributed by atoms with Crippen LogP contribution in [0.1, 0.15) is 18.1 Å². The highest BCUT2D eigenvalue weighted by Crippen LogP contribution is 2.29. The Hall–Kier alpha value is -2.05. The highest BCUT2D eigenvalue weighted by atomic mass is 35.5. The molecule has 0 radical (unpaired) electrons. The second-order valence-corrected chi connectivity index (χ2v) is 7.34. The quantitative estimate of drug-likeness (QED) is 0.880. The van der Waals surface area contributed by atoms with Crippen molar-refractivity contribution in [1.82, 2.24) is 0 Å². The van der Waals surface area contributed by atoms with E-state index in [-0.39, 0.29) is 10.8 Å². The number of anilines is 2. The van der Waals surface area contributed by atoms with Crippen LogP contribution in [0.2, 0.25) is 5.02 Å². The second-order valence-electron chi connectivity index (χ2n) is 5.25. The van der Waals surface area contributed by atoms with Gasteiger partial charge in [-0.25, -0.2) is 8.42 Å². The predicted octanol–water partition coefficient (Wildman–Crippen LogP) is 3.72. The van der Waals surface area contributed by atoms with Gasteiger partial charge in [0, 0.05) is 12.6 Å². The van der Waals surface area contributed by atoms with E-state index in [0.717, 1.165) is 11.1 Å². The summed E-state index contributed by atoms with van der Waals surface area (Å²) in [5, 5.41) is 2.93. The maximum absolute atomic E-state index is 12.5. The average Bonchev–Trinajstić information content (AvgIpc) is 2.43. The number of sulfonamides is 1. The Labute approximate surface area is 140 Å². The van der Waals surface area contributed by atoms with Gasteiger partial charge in [0.2, 0.25) is 5.91 Å². The van der Waals surface area contributed by atoms with Gasteiger partial charge < -0.3 is 5.32 Å². The van der Waals surface area contributed by atoms with Crippen LogP contribution in [0.25, 0.3) is 0 Å². The van der Waals surface area contributed by atoms with E-state index in [2.05, 4.69) is 10.0 Å². The average molecular weight is 353 g/mol. The molecule has 0 fully saturated rings. The van der Waals surface area contributed by atoms with Crippen molar-refractivity contribution in [2.24, 2.45) is 0 Å². The van der Waals surface area contributed by atoms with E-state index in [1.165, 1.54) is 31.2 Å². The van der Waals surface area contributed by atoms with E-state index >= 15 is 0 Å². The van der Waals surface area contributed by atoms with Gasteiger partial charge in [0.25, 0.3) is 10.0 Å². The summed E-state index contributed by atoms with van der Waals surface area (Å²) in [5.41, 5.74) is 2.59. The highest BCUT2D eigenvalue weighted by Gasteiger charge is 2.17. The fourth-order valence-corrected chi connectivity index (χ4v) is 3.74. The summed E-state index contributed by atoms with van der Waals surface area (Å²) in [4.78, 5) is 11.1. The first kappa shape index (κ1) is 17.3. The van der Waals surface area contributed by atoms with Gasteiger partial charge >= 0.3 is 0 Å². The summed E-state index contributed by atoms with van der Waals surface area (Å²) in [6.07, 6.45) is 0. The molecule has 1 amide bonds. The molecule has 0 unspecified atom stereocenters. The van der Waals surface area contributed by atoms with Gasteiger partial charge in [-0.2, -0.15) is 0 Å². The minimum Gasteiger partial charge on any atom is -0.326 e. The third-order valence-corrected chi connectivity index (χ3v) is 4.82. The van der Waals surface area contributed by atoms with Crippen LogP contribution in [0.5, 0.6) is 0 Å². The van der Waals surface area contributed by atoms with Gasteiger partial charge in [-0.1, -0.05) is 17.7 Å². The number of hydrogen-bond acceptors (Lipinski definition) is 3. The highest BCUT2D eigenvalue weighted by molar-refractivity contribution is 7.92. The Morgan fingerprint density at radius 1 is 1.09 bits per heavy atom. The fourth-order valence-electron chi connectivity index (χ4n) is 2.16. The minimum atomic E-state index is -3.76. The Bertz CT molecular complexity index is 823. The molecule has 0 aliphatic carbocycles. The molecule has 23 heavy (non-hydrogen) atoms. The van der Waals surface area contributed by atoms with Crippen LogP contribution in [0.3, 0.4) is 0 Å². The fraction of sp³-hybridized carbons (Fsp3) is 0.188. The number of aryl methyl sites for hydroxylation is 2. The molecule has 0 aliphatic heterocycles. The van der Waals surface area contributed by atoms with E-state index < -0.39 is 10.0 Å². The molecule has 2 rings (SSSR count). The number of carbonyl (C=O) groups excluding carboxylic acids is 1. The number of carbonyl (C=O) groups is 1. The molecule has 0 saturated carbocycles. The summed E-state index contributed by atoms with van der Waals surface area (Å²) < 4.78 is 27.4. The lowest BCUT2D eigenvalue weighted by atomic mass is 10.1. The lowest BCUT2D eigenvalue weighted by molar-refractivity contribution is -0.114. The zero-order valence-electron chi connectivity index (χ0n) is 13.0. The number of nitrogens with one attached hydrogen (secondary N) is 2. The van der Waals surface area contributed by atoms with E-state index in [1.807, 2.05) is 13.0 Å². The van der Waals surface area contributed by atoms with Crippen molar-refractivity contribution in [1.29, 1.82) is 0 Å². The van der Waals surface area contributed by atoms with Gasteiger partial charge in [-0.3, -0.25) is 9.52 Å². The second kappa shape index (κ2) is 6.60. The SMILES string of the molecule is CC(=O)Nc1ccc(S(=O)(=O)Nc2c(C)cc(C)cc2Cl)cc1. The summed E-state index contributed by atoms with van der Waals surface area (Å²) in [6, 6.07) is 9.45. The van der Waals surface area contributed by atoms with E-state index in [4.69, 9.17) is 11.6 Å². The number of amides is 1. The molecule has 0 aliphatic rings. The monoisotopic (exact) mass is 352 g/mol. The molecule has 0 aromatic heterocycles. The summed E-state index contributed by atoms with van der Waals surface area (Å²) in [6.45, 7) is 5.06. The zero-order valence-corrected chi connectivity index (χ0v) is 14.5. The van der Waals surface area contributed by atoms with Crippen molar-refractivity contribution in [2.75, 3.05) is 10.0 Å². The van der Waals surface area contributed by atoms with Crippen molar-refractivity contribution in [2.45, 2.75) is 25.7 Å². The number of hydrogen-bond donors (Lipinski definition) is 2. The Morgan fingerprint density at radius 3 is 2.22 bits per heavy atom. The van der Waals surface area contributed by atoms with Crippen molar-refractivity contribution < 1.29 is 13.2 Å². The van der Waals surface area contributed by atoms with Gasteiger partial charge in [0.1, 0.15) is 0 Å². The van der Waals surface area contributed by atoms with Gasteiger partial charge in [-0.15, -0.1) is 0 Å². The van der Waals surface area contributed by atoms with Crippen LogP contribution in [0.4, 0.5) is 11.4 Å². The zero-order chi connectivity index (χ0) is 17.2. The standard InChI is InChI=1S/C16H17ClN2O3S/c1-10-8-11(2)16(15(17)9-10)19-23(21,22)14-6-4-13(5-7-14)18-12(3)20/h4-9,19H,1-3H3,(H,18,20). The smallest absolute Gasteiger partial charge is 0.261 e.